The number of benzene rings is 3. The first-order chi connectivity index (χ1) is 17.9. The van der Waals surface area contributed by atoms with Crippen LogP contribution in [0.25, 0.3) is 21.8 Å². The zero-order valence-corrected chi connectivity index (χ0v) is 21.1. The summed E-state index contributed by atoms with van der Waals surface area (Å²) in [6.45, 7) is 7.01. The lowest BCUT2D eigenvalue weighted by Crippen LogP contribution is -2.47. The van der Waals surface area contributed by atoms with Gasteiger partial charge in [-0.15, -0.1) is 0 Å². The highest BCUT2D eigenvalue weighted by Crippen LogP contribution is 2.39. The van der Waals surface area contributed by atoms with E-state index in [1.165, 1.54) is 28.9 Å². The molecular formula is C29H29N5O3. The molecule has 2 fully saturated rings. The van der Waals surface area contributed by atoms with E-state index in [4.69, 9.17) is 0 Å². The summed E-state index contributed by atoms with van der Waals surface area (Å²) in [7, 11) is 1.67. The fourth-order valence-electron chi connectivity index (χ4n) is 6.02. The lowest BCUT2D eigenvalue weighted by atomic mass is 9.92. The molecular weight excluding hydrogens is 466 g/mol. The minimum Gasteiger partial charge on any atom is -0.368 e. The smallest absolute Gasteiger partial charge is 0.326 e. The van der Waals surface area contributed by atoms with E-state index in [9.17, 15) is 14.4 Å². The number of imide groups is 1. The average molecular weight is 496 g/mol. The highest BCUT2D eigenvalue weighted by atomic mass is 16.2. The number of piperazine rings is 1. The lowest BCUT2D eigenvalue weighted by Gasteiger charge is -2.37. The third-order valence-corrected chi connectivity index (χ3v) is 8.27. The maximum Gasteiger partial charge on any atom is 0.326 e. The highest BCUT2D eigenvalue weighted by molar-refractivity contribution is 6.36. The lowest BCUT2D eigenvalue weighted by molar-refractivity contribution is 0.0893. The first-order valence-corrected chi connectivity index (χ1v) is 13.0. The topological polar surface area (TPSA) is 81.7 Å². The van der Waals surface area contributed by atoms with Crippen LogP contribution in [-0.4, -0.2) is 59.0 Å². The van der Waals surface area contributed by atoms with E-state index in [2.05, 4.69) is 14.8 Å². The van der Waals surface area contributed by atoms with Crippen molar-refractivity contribution in [2.24, 2.45) is 13.0 Å². The van der Waals surface area contributed by atoms with Gasteiger partial charge in [-0.1, -0.05) is 12.1 Å². The first kappa shape index (κ1) is 22.3. The van der Waals surface area contributed by atoms with E-state index in [1.807, 2.05) is 43.3 Å². The van der Waals surface area contributed by atoms with Gasteiger partial charge in [0, 0.05) is 67.4 Å². The fourth-order valence-corrected chi connectivity index (χ4v) is 6.02. The van der Waals surface area contributed by atoms with Gasteiger partial charge in [0.2, 0.25) is 0 Å². The number of rotatable bonds is 4. The van der Waals surface area contributed by atoms with Crippen molar-refractivity contribution < 1.29 is 9.59 Å². The van der Waals surface area contributed by atoms with Crippen molar-refractivity contribution >= 4 is 45.0 Å². The number of aromatic amines is 1. The SMILES string of the molecule is Cc1cc2[nH]c(=O)n(C)c2cc1N1C(=O)c2cccc3c(N4CCN(CC5CC5)CC4)ccc(c23)C1=O. The predicted octanol–water partition coefficient (Wildman–Crippen LogP) is 3.66. The third-order valence-electron chi connectivity index (χ3n) is 8.27. The number of carbonyl (C=O) groups is 2. The van der Waals surface area contributed by atoms with Gasteiger partial charge >= 0.3 is 5.69 Å². The molecule has 1 saturated heterocycles. The molecule has 7 rings (SSSR count). The molecule has 0 atom stereocenters. The fraction of sp³-hybridized carbons (Fsp3) is 0.345. The molecule has 188 valence electrons. The summed E-state index contributed by atoms with van der Waals surface area (Å²) in [6, 6.07) is 13.2. The second-order valence-electron chi connectivity index (χ2n) is 10.7. The molecule has 8 nitrogen and oxygen atoms in total. The van der Waals surface area contributed by atoms with Crippen molar-refractivity contribution in [3.05, 3.63) is 69.6 Å². The summed E-state index contributed by atoms with van der Waals surface area (Å²) >= 11 is 0. The summed E-state index contributed by atoms with van der Waals surface area (Å²) in [5.74, 6) is 0.216. The van der Waals surface area contributed by atoms with Crippen molar-refractivity contribution in [2.75, 3.05) is 42.5 Å². The maximum absolute atomic E-state index is 13.8. The Bertz CT molecular complexity index is 1650. The molecule has 1 aromatic heterocycles. The Morgan fingerprint density at radius 2 is 1.62 bits per heavy atom. The molecule has 0 spiro atoms. The molecule has 37 heavy (non-hydrogen) atoms. The molecule has 8 heteroatoms. The molecule has 1 aliphatic carbocycles. The summed E-state index contributed by atoms with van der Waals surface area (Å²) < 4.78 is 1.49. The number of aromatic nitrogens is 2. The van der Waals surface area contributed by atoms with Crippen molar-refractivity contribution in [3.8, 4) is 0 Å². The Morgan fingerprint density at radius 1 is 0.892 bits per heavy atom. The number of amides is 2. The van der Waals surface area contributed by atoms with Crippen LogP contribution in [0.15, 0.2) is 47.3 Å². The molecule has 3 heterocycles. The quantitative estimate of drug-likeness (QED) is 0.437. The van der Waals surface area contributed by atoms with E-state index in [0.29, 0.717) is 27.8 Å². The van der Waals surface area contributed by atoms with Gasteiger partial charge in [0.25, 0.3) is 11.8 Å². The summed E-state index contributed by atoms with van der Waals surface area (Å²) in [4.78, 5) is 48.8. The Kier molecular flexibility index (Phi) is 4.85. The molecule has 4 aromatic rings. The van der Waals surface area contributed by atoms with E-state index >= 15 is 0 Å². The highest BCUT2D eigenvalue weighted by Gasteiger charge is 2.36. The molecule has 0 radical (unpaired) electrons. The Balaban J connectivity index is 1.28. The van der Waals surface area contributed by atoms with Gasteiger partial charge in [0.15, 0.2) is 0 Å². The number of imidazole rings is 1. The largest absolute Gasteiger partial charge is 0.368 e. The third kappa shape index (κ3) is 3.43. The minimum absolute atomic E-state index is 0.237. The van der Waals surface area contributed by atoms with Gasteiger partial charge in [-0.2, -0.15) is 0 Å². The van der Waals surface area contributed by atoms with Crippen molar-refractivity contribution in [3.63, 3.8) is 0 Å². The Hall–Kier alpha value is -3.91. The van der Waals surface area contributed by atoms with Gasteiger partial charge < -0.3 is 9.88 Å². The van der Waals surface area contributed by atoms with Gasteiger partial charge in [-0.05, 0) is 61.6 Å². The van der Waals surface area contributed by atoms with E-state index in [0.717, 1.165) is 54.1 Å². The summed E-state index contributed by atoms with van der Waals surface area (Å²) in [5.41, 5.74) is 4.47. The molecule has 0 bridgehead atoms. The van der Waals surface area contributed by atoms with Crippen LogP contribution in [0, 0.1) is 12.8 Å². The number of hydrogen-bond donors (Lipinski definition) is 1. The number of nitrogens with one attached hydrogen (secondary N) is 1. The van der Waals surface area contributed by atoms with Crippen LogP contribution >= 0.6 is 0 Å². The molecule has 2 aliphatic heterocycles. The zero-order chi connectivity index (χ0) is 25.4. The number of carbonyl (C=O) groups excluding carboxylic acids is 2. The average Bonchev–Trinajstić information content (AvgIpc) is 3.67. The second kappa shape index (κ2) is 8.05. The maximum atomic E-state index is 13.8. The second-order valence-corrected chi connectivity index (χ2v) is 10.7. The molecule has 3 aromatic carbocycles. The molecule has 2 amide bonds. The molecule has 1 N–H and O–H groups in total. The Labute approximate surface area is 214 Å². The monoisotopic (exact) mass is 495 g/mol. The molecule has 3 aliphatic rings. The normalized spacial score (nSPS) is 18.4. The van der Waals surface area contributed by atoms with Crippen LogP contribution in [0.3, 0.4) is 0 Å². The van der Waals surface area contributed by atoms with Crippen LogP contribution in [0.4, 0.5) is 11.4 Å². The van der Waals surface area contributed by atoms with Gasteiger partial charge in [0.05, 0.1) is 16.7 Å². The number of aryl methyl sites for hydroxylation is 2. The number of nitrogens with zero attached hydrogens (tertiary/aromatic N) is 4. The van der Waals surface area contributed by atoms with Gasteiger partial charge in [-0.25, -0.2) is 9.69 Å². The van der Waals surface area contributed by atoms with Crippen molar-refractivity contribution in [1.29, 1.82) is 0 Å². The van der Waals surface area contributed by atoms with Gasteiger partial charge in [-0.3, -0.25) is 19.1 Å². The summed E-state index contributed by atoms with van der Waals surface area (Å²) in [5, 5.41) is 1.69. The van der Waals surface area contributed by atoms with Crippen LogP contribution in [0.5, 0.6) is 0 Å². The molecule has 1 saturated carbocycles. The van der Waals surface area contributed by atoms with Crippen LogP contribution < -0.4 is 15.5 Å². The van der Waals surface area contributed by atoms with Crippen molar-refractivity contribution in [1.82, 2.24) is 14.5 Å². The molecule has 0 unspecified atom stereocenters. The number of fused-ring (bicyclic) bond motifs is 1. The number of hydrogen-bond acceptors (Lipinski definition) is 5. The van der Waals surface area contributed by atoms with E-state index in [-0.39, 0.29) is 17.5 Å². The van der Waals surface area contributed by atoms with Crippen LogP contribution in [0.2, 0.25) is 0 Å². The number of H-pyrrole nitrogens is 1. The Morgan fingerprint density at radius 3 is 2.35 bits per heavy atom. The van der Waals surface area contributed by atoms with Crippen LogP contribution in [0.1, 0.15) is 39.1 Å². The minimum atomic E-state index is -0.336. The van der Waals surface area contributed by atoms with Crippen LogP contribution in [-0.2, 0) is 7.05 Å². The summed E-state index contributed by atoms with van der Waals surface area (Å²) in [6.07, 6.45) is 2.73. The predicted molar refractivity (Wildman–Crippen MR) is 145 cm³/mol. The van der Waals surface area contributed by atoms with Gasteiger partial charge in [0.1, 0.15) is 0 Å². The number of anilines is 2. The van der Waals surface area contributed by atoms with Crippen molar-refractivity contribution in [2.45, 2.75) is 19.8 Å². The van der Waals surface area contributed by atoms with E-state index in [1.54, 1.807) is 13.1 Å². The zero-order valence-electron chi connectivity index (χ0n) is 21.1. The van der Waals surface area contributed by atoms with E-state index < -0.39 is 0 Å². The standard InChI is InChI=1S/C29H29N5O3/c1-17-14-22-25(31(2)29(37)30-22)15-24(17)34-27(35)20-5-3-4-19-23(9-8-21(26(19)20)28(34)36)33-12-10-32(11-13-33)16-18-6-7-18/h3-5,8-9,14-15,18H,6-7,10-13,16H2,1-2H3,(H,30,37). The first-order valence-electron chi connectivity index (χ1n) is 13.0.